The van der Waals surface area contributed by atoms with Gasteiger partial charge in [-0.15, -0.1) is 11.3 Å². The zero-order chi connectivity index (χ0) is 27.1. The van der Waals surface area contributed by atoms with Crippen molar-refractivity contribution in [3.05, 3.63) is 41.0 Å². The Kier molecular flexibility index (Phi) is 7.40. The van der Waals surface area contributed by atoms with Crippen LogP contribution in [0.1, 0.15) is 44.9 Å². The van der Waals surface area contributed by atoms with Crippen molar-refractivity contribution in [3.8, 4) is 10.4 Å². The van der Waals surface area contributed by atoms with Gasteiger partial charge < -0.3 is 20.6 Å². The summed E-state index contributed by atoms with van der Waals surface area (Å²) in [7, 11) is 0. The van der Waals surface area contributed by atoms with E-state index in [0.717, 1.165) is 26.6 Å². The van der Waals surface area contributed by atoms with E-state index in [4.69, 9.17) is 0 Å². The second-order valence-corrected chi connectivity index (χ2v) is 11.7. The van der Waals surface area contributed by atoms with Gasteiger partial charge in [0.15, 0.2) is 11.8 Å². The summed E-state index contributed by atoms with van der Waals surface area (Å²) in [4.78, 5) is 45.1. The van der Waals surface area contributed by atoms with Crippen LogP contribution in [-0.2, 0) is 20.9 Å². The standard InChI is InChI=1S/C26H32F2N4O4S/c1-14-20(37-13-30-14)16-7-5-15(6-8-16)11-29-22(34)19-18(27)17(33)12-32(19)23(35)21(25(2,3)4)31-24(36)26(28)9-10-26/h5-8,13,17-19,21,33H,9-12H2,1-4H3,(H,29,34)(H,31,36)/t17-,18-,19-,21?/m0/s1. The van der Waals surface area contributed by atoms with Gasteiger partial charge in [-0.2, -0.15) is 0 Å². The van der Waals surface area contributed by atoms with Crippen molar-refractivity contribution in [2.24, 2.45) is 5.41 Å². The summed E-state index contributed by atoms with van der Waals surface area (Å²) in [5.74, 6) is -2.40. The first-order valence-electron chi connectivity index (χ1n) is 12.2. The molecule has 0 bridgehead atoms. The number of carbonyl (C=O) groups is 3. The number of benzene rings is 1. The highest BCUT2D eigenvalue weighted by Crippen LogP contribution is 2.40. The number of carbonyl (C=O) groups excluding carboxylic acids is 3. The zero-order valence-electron chi connectivity index (χ0n) is 21.3. The molecular weight excluding hydrogens is 502 g/mol. The van der Waals surface area contributed by atoms with Gasteiger partial charge >= 0.3 is 0 Å². The van der Waals surface area contributed by atoms with E-state index in [-0.39, 0.29) is 19.4 Å². The Morgan fingerprint density at radius 1 is 1.24 bits per heavy atom. The van der Waals surface area contributed by atoms with Gasteiger partial charge in [-0.05, 0) is 36.3 Å². The molecule has 4 rings (SSSR count). The maximum atomic E-state index is 15.0. The number of hydrogen-bond donors (Lipinski definition) is 3. The number of thiazole rings is 1. The van der Waals surface area contributed by atoms with Gasteiger partial charge in [-0.25, -0.2) is 13.8 Å². The second-order valence-electron chi connectivity index (χ2n) is 10.9. The van der Waals surface area contributed by atoms with Gasteiger partial charge in [0.1, 0.15) is 18.2 Å². The molecular formula is C26H32F2N4O4S. The van der Waals surface area contributed by atoms with E-state index >= 15 is 0 Å². The van der Waals surface area contributed by atoms with Gasteiger partial charge in [-0.1, -0.05) is 45.0 Å². The summed E-state index contributed by atoms with van der Waals surface area (Å²) >= 11 is 1.53. The van der Waals surface area contributed by atoms with E-state index in [1.165, 1.54) is 11.3 Å². The van der Waals surface area contributed by atoms with Crippen molar-refractivity contribution in [2.75, 3.05) is 6.54 Å². The molecule has 0 spiro atoms. The number of nitrogens with zero attached hydrogens (tertiary/aromatic N) is 2. The van der Waals surface area contributed by atoms with E-state index in [1.54, 1.807) is 26.3 Å². The monoisotopic (exact) mass is 534 g/mol. The first-order chi connectivity index (χ1) is 17.3. The van der Waals surface area contributed by atoms with Crippen LogP contribution in [0, 0.1) is 12.3 Å². The molecule has 1 aliphatic heterocycles. The molecule has 8 nitrogen and oxygen atoms in total. The van der Waals surface area contributed by atoms with Crippen LogP contribution in [0.15, 0.2) is 29.8 Å². The normalized spacial score (nSPS) is 23.4. The van der Waals surface area contributed by atoms with E-state index in [0.29, 0.717) is 0 Å². The molecule has 4 atom stereocenters. The average Bonchev–Trinajstić information content (AvgIpc) is 3.34. The molecule has 3 amide bonds. The Balaban J connectivity index is 1.46. The summed E-state index contributed by atoms with van der Waals surface area (Å²) in [6, 6.07) is 4.70. The van der Waals surface area contributed by atoms with Crippen LogP contribution in [0.4, 0.5) is 8.78 Å². The molecule has 0 radical (unpaired) electrons. The number of alkyl halides is 2. The Labute approximate surface area is 218 Å². The largest absolute Gasteiger partial charge is 0.388 e. The van der Waals surface area contributed by atoms with Crippen LogP contribution in [-0.4, -0.2) is 69.3 Å². The highest BCUT2D eigenvalue weighted by molar-refractivity contribution is 7.13. The first-order valence-corrected chi connectivity index (χ1v) is 13.1. The Morgan fingerprint density at radius 3 is 2.43 bits per heavy atom. The molecule has 1 unspecified atom stereocenters. The molecule has 1 aromatic heterocycles. The molecule has 1 saturated heterocycles. The lowest BCUT2D eigenvalue weighted by molar-refractivity contribution is -0.145. The fourth-order valence-corrected chi connectivity index (χ4v) is 5.18. The van der Waals surface area contributed by atoms with Gasteiger partial charge in [0.2, 0.25) is 11.8 Å². The molecule has 11 heteroatoms. The average molecular weight is 535 g/mol. The summed E-state index contributed by atoms with van der Waals surface area (Å²) < 4.78 is 29.3. The number of halogens is 2. The Morgan fingerprint density at radius 2 is 1.89 bits per heavy atom. The van der Waals surface area contributed by atoms with Gasteiger partial charge in [0.05, 0.1) is 22.6 Å². The summed E-state index contributed by atoms with van der Waals surface area (Å²) in [6.07, 6.45) is -3.41. The van der Waals surface area contributed by atoms with Crippen LogP contribution in [0.5, 0.6) is 0 Å². The van der Waals surface area contributed by atoms with Crippen molar-refractivity contribution in [3.63, 3.8) is 0 Å². The van der Waals surface area contributed by atoms with Gasteiger partial charge in [-0.3, -0.25) is 14.4 Å². The molecule has 3 N–H and O–H groups in total. The van der Waals surface area contributed by atoms with E-state index in [2.05, 4.69) is 15.6 Å². The number of β-amino-alcohol motifs (C(OH)–C–C–N with tert-alkyl or cyclic N) is 1. The summed E-state index contributed by atoms with van der Waals surface area (Å²) in [5, 5.41) is 15.3. The minimum atomic E-state index is -2.01. The van der Waals surface area contributed by atoms with Crippen molar-refractivity contribution >= 4 is 29.1 Å². The number of aliphatic hydroxyl groups is 1. The molecule has 200 valence electrons. The number of rotatable bonds is 7. The van der Waals surface area contributed by atoms with Crippen molar-refractivity contribution in [1.82, 2.24) is 20.5 Å². The minimum absolute atomic E-state index is 0.0781. The van der Waals surface area contributed by atoms with E-state index < -0.39 is 59.7 Å². The lowest BCUT2D eigenvalue weighted by Gasteiger charge is -2.35. The van der Waals surface area contributed by atoms with Crippen molar-refractivity contribution in [1.29, 1.82) is 0 Å². The molecule has 2 aliphatic rings. The number of likely N-dealkylation sites (tertiary alicyclic amines) is 1. The van der Waals surface area contributed by atoms with Crippen LogP contribution >= 0.6 is 11.3 Å². The summed E-state index contributed by atoms with van der Waals surface area (Å²) in [6.45, 7) is 6.64. The number of aromatic nitrogens is 1. The summed E-state index contributed by atoms with van der Waals surface area (Å²) in [5.41, 5.74) is 1.60. The third-order valence-electron chi connectivity index (χ3n) is 6.85. The zero-order valence-corrected chi connectivity index (χ0v) is 22.1. The fraction of sp³-hybridized carbons (Fsp3) is 0.538. The van der Waals surface area contributed by atoms with E-state index in [9.17, 15) is 28.3 Å². The maximum Gasteiger partial charge on any atom is 0.258 e. The van der Waals surface area contributed by atoms with E-state index in [1.807, 2.05) is 31.2 Å². The van der Waals surface area contributed by atoms with Crippen molar-refractivity contribution in [2.45, 2.75) is 77.1 Å². The maximum absolute atomic E-state index is 15.0. The SMILES string of the molecule is Cc1ncsc1-c1ccc(CNC(=O)[C@@H]2[C@@H](F)[C@@H](O)CN2C(=O)C(NC(=O)C2(F)CC2)C(C)(C)C)cc1. The van der Waals surface area contributed by atoms with Gasteiger partial charge in [0.25, 0.3) is 5.91 Å². The predicted octanol–water partition coefficient (Wildman–Crippen LogP) is 2.68. The molecule has 2 fully saturated rings. The predicted molar refractivity (Wildman–Crippen MR) is 135 cm³/mol. The number of hydrogen-bond acceptors (Lipinski definition) is 6. The minimum Gasteiger partial charge on any atom is -0.388 e. The second kappa shape index (κ2) is 10.1. The number of aliphatic hydroxyl groups excluding tert-OH is 1. The fourth-order valence-electron chi connectivity index (χ4n) is 4.37. The Hall–Kier alpha value is -2.92. The molecule has 2 heterocycles. The van der Waals surface area contributed by atoms with Crippen LogP contribution in [0.2, 0.25) is 0 Å². The van der Waals surface area contributed by atoms with Crippen LogP contribution in [0.25, 0.3) is 10.4 Å². The van der Waals surface area contributed by atoms with Gasteiger partial charge in [0, 0.05) is 6.54 Å². The smallest absolute Gasteiger partial charge is 0.258 e. The molecule has 1 saturated carbocycles. The quantitative estimate of drug-likeness (QED) is 0.506. The number of aryl methyl sites for hydroxylation is 1. The Bertz CT molecular complexity index is 1180. The molecule has 37 heavy (non-hydrogen) atoms. The molecule has 2 aromatic rings. The number of nitrogens with one attached hydrogen (secondary N) is 2. The topological polar surface area (TPSA) is 112 Å². The highest BCUT2D eigenvalue weighted by atomic mass is 32.1. The van der Waals surface area contributed by atoms with Crippen LogP contribution in [0.3, 0.4) is 0 Å². The third kappa shape index (κ3) is 5.67. The number of amides is 3. The lowest BCUT2D eigenvalue weighted by Crippen LogP contribution is -2.59. The lowest BCUT2D eigenvalue weighted by atomic mass is 9.85. The van der Waals surface area contributed by atoms with Crippen molar-refractivity contribution < 1.29 is 28.3 Å². The molecule has 1 aromatic carbocycles. The molecule has 1 aliphatic carbocycles. The first kappa shape index (κ1) is 27.1. The highest BCUT2D eigenvalue weighted by Gasteiger charge is 2.54. The third-order valence-corrected chi connectivity index (χ3v) is 7.83. The van der Waals surface area contributed by atoms with Crippen LogP contribution < -0.4 is 10.6 Å².